The second-order valence-corrected chi connectivity index (χ2v) is 6.06. The first-order chi connectivity index (χ1) is 12.5. The average molecular weight is 357 g/mol. The molecule has 1 aromatic carbocycles. The molecule has 26 heavy (non-hydrogen) atoms. The van der Waals surface area contributed by atoms with Crippen LogP contribution >= 0.6 is 0 Å². The summed E-state index contributed by atoms with van der Waals surface area (Å²) in [4.78, 5) is 35.0. The predicted octanol–water partition coefficient (Wildman–Crippen LogP) is 2.61. The standard InChI is InChI=1S/C19H19NO6/c1-11-16-14(21)3-2-4-15(16)26-17(11)18(22)20-9-10-25-13-7-5-12(6-8-13)19(23)24/h5-8H,2-4,9-10H2,1H3,(H,20,22)(H,23,24). The number of furan rings is 1. The number of carbonyl (C=O) groups is 3. The van der Waals surface area contributed by atoms with Gasteiger partial charge in [-0.2, -0.15) is 0 Å². The van der Waals surface area contributed by atoms with Crippen LogP contribution < -0.4 is 10.1 Å². The van der Waals surface area contributed by atoms with Crippen molar-refractivity contribution in [2.24, 2.45) is 0 Å². The van der Waals surface area contributed by atoms with Crippen LogP contribution in [-0.4, -0.2) is 35.9 Å². The summed E-state index contributed by atoms with van der Waals surface area (Å²) < 4.78 is 11.1. The molecule has 3 rings (SSSR count). The van der Waals surface area contributed by atoms with Crippen LogP contribution in [0, 0.1) is 6.92 Å². The van der Waals surface area contributed by atoms with Gasteiger partial charge in [-0.3, -0.25) is 9.59 Å². The van der Waals surface area contributed by atoms with Gasteiger partial charge in [0.05, 0.1) is 17.7 Å². The maximum Gasteiger partial charge on any atom is 0.335 e. The molecule has 0 saturated carbocycles. The molecule has 7 nitrogen and oxygen atoms in total. The lowest BCUT2D eigenvalue weighted by atomic mass is 9.94. The summed E-state index contributed by atoms with van der Waals surface area (Å²) >= 11 is 0. The van der Waals surface area contributed by atoms with Gasteiger partial charge in [-0.15, -0.1) is 0 Å². The van der Waals surface area contributed by atoms with Crippen LogP contribution in [0.4, 0.5) is 0 Å². The van der Waals surface area contributed by atoms with Crippen LogP contribution in [0.2, 0.25) is 0 Å². The van der Waals surface area contributed by atoms with E-state index in [0.717, 1.165) is 6.42 Å². The number of hydrogen-bond donors (Lipinski definition) is 2. The number of benzene rings is 1. The molecule has 1 aromatic heterocycles. The quantitative estimate of drug-likeness (QED) is 0.770. The highest BCUT2D eigenvalue weighted by Gasteiger charge is 2.28. The van der Waals surface area contributed by atoms with Crippen molar-refractivity contribution in [2.45, 2.75) is 26.2 Å². The van der Waals surface area contributed by atoms with Crippen LogP contribution in [0.15, 0.2) is 28.7 Å². The van der Waals surface area contributed by atoms with E-state index >= 15 is 0 Å². The molecule has 1 heterocycles. The third-order valence-electron chi connectivity index (χ3n) is 4.27. The second kappa shape index (κ2) is 7.43. The predicted molar refractivity (Wildman–Crippen MR) is 91.9 cm³/mol. The Labute approximate surface area is 150 Å². The number of amides is 1. The van der Waals surface area contributed by atoms with Crippen LogP contribution in [0.25, 0.3) is 0 Å². The van der Waals surface area contributed by atoms with E-state index in [1.165, 1.54) is 12.1 Å². The number of aryl methyl sites for hydroxylation is 1. The number of hydrogen-bond acceptors (Lipinski definition) is 5. The number of fused-ring (bicyclic) bond motifs is 1. The number of Topliss-reactive ketones (excluding diaryl/α,β-unsaturated/α-hetero) is 1. The fraction of sp³-hybridized carbons (Fsp3) is 0.316. The van der Waals surface area contributed by atoms with Gasteiger partial charge < -0.3 is 19.6 Å². The zero-order chi connectivity index (χ0) is 18.7. The summed E-state index contributed by atoms with van der Waals surface area (Å²) in [6, 6.07) is 6.01. The fourth-order valence-corrected chi connectivity index (χ4v) is 2.97. The molecule has 0 bridgehead atoms. The monoisotopic (exact) mass is 357 g/mol. The van der Waals surface area contributed by atoms with E-state index in [4.69, 9.17) is 14.3 Å². The SMILES string of the molecule is Cc1c(C(=O)NCCOc2ccc(C(=O)O)cc2)oc2c1C(=O)CCC2. The zero-order valence-corrected chi connectivity index (χ0v) is 14.3. The second-order valence-electron chi connectivity index (χ2n) is 6.06. The number of rotatable bonds is 6. The van der Waals surface area contributed by atoms with Gasteiger partial charge in [-0.05, 0) is 37.6 Å². The molecule has 7 heteroatoms. The van der Waals surface area contributed by atoms with Crippen molar-refractivity contribution < 1.29 is 28.6 Å². The Morgan fingerprint density at radius 1 is 1.23 bits per heavy atom. The van der Waals surface area contributed by atoms with E-state index in [-0.39, 0.29) is 36.2 Å². The van der Waals surface area contributed by atoms with Crippen molar-refractivity contribution in [3.8, 4) is 5.75 Å². The molecule has 2 aromatic rings. The Morgan fingerprint density at radius 3 is 2.62 bits per heavy atom. The van der Waals surface area contributed by atoms with E-state index in [9.17, 15) is 14.4 Å². The van der Waals surface area contributed by atoms with Crippen molar-refractivity contribution in [2.75, 3.05) is 13.2 Å². The summed E-state index contributed by atoms with van der Waals surface area (Å²) in [5.41, 5.74) is 1.32. The molecule has 0 atom stereocenters. The van der Waals surface area contributed by atoms with Crippen LogP contribution in [0.5, 0.6) is 5.75 Å². The zero-order valence-electron chi connectivity index (χ0n) is 14.3. The highest BCUT2D eigenvalue weighted by Crippen LogP contribution is 2.29. The molecule has 1 aliphatic carbocycles. The molecule has 136 valence electrons. The van der Waals surface area contributed by atoms with Crippen molar-refractivity contribution in [1.29, 1.82) is 0 Å². The fourth-order valence-electron chi connectivity index (χ4n) is 2.97. The molecule has 2 N–H and O–H groups in total. The number of carboxylic acids is 1. The van der Waals surface area contributed by atoms with Gasteiger partial charge in [0.1, 0.15) is 18.1 Å². The maximum absolute atomic E-state index is 12.3. The van der Waals surface area contributed by atoms with Crippen LogP contribution in [-0.2, 0) is 6.42 Å². The third kappa shape index (κ3) is 3.61. The summed E-state index contributed by atoms with van der Waals surface area (Å²) in [7, 11) is 0. The first kappa shape index (κ1) is 17.7. The molecule has 0 radical (unpaired) electrons. The first-order valence-corrected chi connectivity index (χ1v) is 8.37. The summed E-state index contributed by atoms with van der Waals surface area (Å²) in [6.45, 7) is 2.19. The van der Waals surface area contributed by atoms with E-state index in [1.807, 2.05) is 0 Å². The molecular weight excluding hydrogens is 338 g/mol. The normalized spacial score (nSPS) is 13.2. The van der Waals surface area contributed by atoms with E-state index in [2.05, 4.69) is 5.32 Å². The molecule has 0 aliphatic heterocycles. The van der Waals surface area contributed by atoms with Gasteiger partial charge in [0.25, 0.3) is 5.91 Å². The Hall–Kier alpha value is -3.09. The molecule has 0 saturated heterocycles. The van der Waals surface area contributed by atoms with Crippen molar-refractivity contribution in [3.05, 3.63) is 52.5 Å². The molecule has 0 unspecified atom stereocenters. The largest absolute Gasteiger partial charge is 0.492 e. The maximum atomic E-state index is 12.3. The Balaban J connectivity index is 1.53. The van der Waals surface area contributed by atoms with Crippen molar-refractivity contribution in [1.82, 2.24) is 5.32 Å². The Kier molecular flexibility index (Phi) is 5.06. The van der Waals surface area contributed by atoms with Gasteiger partial charge in [-0.1, -0.05) is 0 Å². The minimum Gasteiger partial charge on any atom is -0.492 e. The minimum atomic E-state index is -1.00. The molecule has 0 spiro atoms. The average Bonchev–Trinajstić information content (AvgIpc) is 2.97. The Bertz CT molecular complexity index is 850. The molecule has 1 amide bonds. The lowest BCUT2D eigenvalue weighted by Gasteiger charge is -2.08. The number of ketones is 1. The van der Waals surface area contributed by atoms with E-state index < -0.39 is 5.97 Å². The van der Waals surface area contributed by atoms with Gasteiger partial charge >= 0.3 is 5.97 Å². The third-order valence-corrected chi connectivity index (χ3v) is 4.27. The van der Waals surface area contributed by atoms with Crippen LogP contribution in [0.3, 0.4) is 0 Å². The van der Waals surface area contributed by atoms with Gasteiger partial charge in [0, 0.05) is 18.4 Å². The number of carboxylic acid groups (broad SMARTS) is 1. The van der Waals surface area contributed by atoms with Gasteiger partial charge in [0.2, 0.25) is 0 Å². The first-order valence-electron chi connectivity index (χ1n) is 8.37. The minimum absolute atomic E-state index is 0.0275. The Morgan fingerprint density at radius 2 is 1.96 bits per heavy atom. The van der Waals surface area contributed by atoms with Gasteiger partial charge in [-0.25, -0.2) is 4.79 Å². The van der Waals surface area contributed by atoms with Crippen molar-refractivity contribution in [3.63, 3.8) is 0 Å². The molecule has 0 fully saturated rings. The highest BCUT2D eigenvalue weighted by atomic mass is 16.5. The number of ether oxygens (including phenoxy) is 1. The summed E-state index contributed by atoms with van der Waals surface area (Å²) in [5.74, 6) is -0.0674. The molecular formula is C19H19NO6. The highest BCUT2D eigenvalue weighted by molar-refractivity contribution is 6.03. The van der Waals surface area contributed by atoms with E-state index in [1.54, 1.807) is 19.1 Å². The smallest absolute Gasteiger partial charge is 0.335 e. The van der Waals surface area contributed by atoms with Gasteiger partial charge in [0.15, 0.2) is 11.5 Å². The summed E-state index contributed by atoms with van der Waals surface area (Å²) in [5, 5.41) is 11.5. The topological polar surface area (TPSA) is 106 Å². The molecule has 1 aliphatic rings. The number of aromatic carboxylic acids is 1. The number of carbonyl (C=O) groups excluding carboxylic acids is 2. The number of nitrogens with one attached hydrogen (secondary N) is 1. The van der Waals surface area contributed by atoms with E-state index in [0.29, 0.717) is 35.5 Å². The van der Waals surface area contributed by atoms with Crippen molar-refractivity contribution >= 4 is 17.7 Å². The lowest BCUT2D eigenvalue weighted by Crippen LogP contribution is -2.28. The van der Waals surface area contributed by atoms with Crippen LogP contribution in [0.1, 0.15) is 55.4 Å². The summed E-state index contributed by atoms with van der Waals surface area (Å²) in [6.07, 6.45) is 1.90. The lowest BCUT2D eigenvalue weighted by molar-refractivity contribution is 0.0696.